The van der Waals surface area contributed by atoms with E-state index < -0.39 is 0 Å². The molecule has 0 aliphatic carbocycles. The molecule has 1 aromatic carbocycles. The molecule has 0 aromatic heterocycles. The number of likely N-dealkylation sites (N-methyl/N-ethyl adjacent to an activating group) is 1. The molecular weight excluding hydrogens is 265 g/mol. The molecule has 0 fully saturated rings. The van der Waals surface area contributed by atoms with Crippen LogP contribution in [-0.4, -0.2) is 25.3 Å². The second kappa shape index (κ2) is 8.51. The van der Waals surface area contributed by atoms with Gasteiger partial charge in [-0.2, -0.15) is 0 Å². The van der Waals surface area contributed by atoms with Gasteiger partial charge in [0.25, 0.3) is 0 Å². The van der Waals surface area contributed by atoms with Crippen molar-refractivity contribution in [3.8, 4) is 0 Å². The normalized spacial score (nSPS) is 14.4. The zero-order chi connectivity index (χ0) is 14.3. The first kappa shape index (κ1) is 16.4. The maximum absolute atomic E-state index is 14.0. The topological polar surface area (TPSA) is 21.3 Å². The highest BCUT2D eigenvalue weighted by atomic mass is 35.5. The first-order chi connectivity index (χ1) is 9.13. The SMILES string of the molecule is CCNC(Cc1cccc(Cl)c1F)C(CC)OCC. The summed E-state index contributed by atoms with van der Waals surface area (Å²) in [5.74, 6) is -0.321. The van der Waals surface area contributed by atoms with Crippen molar-refractivity contribution in [3.63, 3.8) is 0 Å². The van der Waals surface area contributed by atoms with E-state index in [1.54, 1.807) is 18.2 Å². The maximum Gasteiger partial charge on any atom is 0.145 e. The van der Waals surface area contributed by atoms with Gasteiger partial charge in [0, 0.05) is 12.6 Å². The fourth-order valence-electron chi connectivity index (χ4n) is 2.27. The van der Waals surface area contributed by atoms with Gasteiger partial charge in [-0.1, -0.05) is 37.6 Å². The summed E-state index contributed by atoms with van der Waals surface area (Å²) in [5.41, 5.74) is 0.636. The summed E-state index contributed by atoms with van der Waals surface area (Å²) in [6.07, 6.45) is 1.57. The lowest BCUT2D eigenvalue weighted by Gasteiger charge is -2.27. The highest BCUT2D eigenvalue weighted by Crippen LogP contribution is 2.20. The van der Waals surface area contributed by atoms with Crippen LogP contribution in [0, 0.1) is 5.82 Å². The molecule has 4 heteroatoms. The van der Waals surface area contributed by atoms with Crippen LogP contribution in [0.25, 0.3) is 0 Å². The molecule has 1 rings (SSSR count). The molecule has 0 amide bonds. The zero-order valence-electron chi connectivity index (χ0n) is 11.9. The van der Waals surface area contributed by atoms with Gasteiger partial charge in [-0.25, -0.2) is 4.39 Å². The molecule has 0 aliphatic heterocycles. The lowest BCUT2D eigenvalue weighted by Crippen LogP contribution is -2.43. The Morgan fingerprint density at radius 1 is 1.32 bits per heavy atom. The number of nitrogens with one attached hydrogen (secondary N) is 1. The summed E-state index contributed by atoms with van der Waals surface area (Å²) in [5, 5.41) is 3.56. The van der Waals surface area contributed by atoms with Crippen LogP contribution >= 0.6 is 11.6 Å². The number of hydrogen-bond acceptors (Lipinski definition) is 2. The molecule has 2 unspecified atom stereocenters. The monoisotopic (exact) mass is 287 g/mol. The Hall–Kier alpha value is -0.640. The molecule has 1 aromatic rings. The Kier molecular flexibility index (Phi) is 7.36. The number of halogens is 2. The second-order valence-electron chi connectivity index (χ2n) is 4.48. The molecule has 0 radical (unpaired) electrons. The minimum absolute atomic E-state index is 0.0864. The first-order valence-corrected chi connectivity index (χ1v) is 7.29. The zero-order valence-corrected chi connectivity index (χ0v) is 12.6. The summed E-state index contributed by atoms with van der Waals surface area (Å²) < 4.78 is 19.7. The van der Waals surface area contributed by atoms with Crippen LogP contribution in [0.1, 0.15) is 32.8 Å². The van der Waals surface area contributed by atoms with Crippen molar-refractivity contribution in [1.82, 2.24) is 5.32 Å². The van der Waals surface area contributed by atoms with E-state index in [-0.39, 0.29) is 23.0 Å². The van der Waals surface area contributed by atoms with Crippen LogP contribution in [0.5, 0.6) is 0 Å². The minimum Gasteiger partial charge on any atom is -0.377 e. The Morgan fingerprint density at radius 2 is 2.05 bits per heavy atom. The summed E-state index contributed by atoms with van der Waals surface area (Å²) in [7, 11) is 0. The van der Waals surface area contributed by atoms with Crippen molar-refractivity contribution in [2.45, 2.75) is 45.8 Å². The first-order valence-electron chi connectivity index (χ1n) is 6.91. The molecule has 108 valence electrons. The molecule has 0 aliphatic rings. The van der Waals surface area contributed by atoms with Gasteiger partial charge in [0.1, 0.15) is 5.82 Å². The van der Waals surface area contributed by atoms with Crippen LogP contribution in [0.2, 0.25) is 5.02 Å². The number of hydrogen-bond donors (Lipinski definition) is 1. The van der Waals surface area contributed by atoms with Crippen molar-refractivity contribution in [1.29, 1.82) is 0 Å². The largest absolute Gasteiger partial charge is 0.377 e. The maximum atomic E-state index is 14.0. The quantitative estimate of drug-likeness (QED) is 0.785. The van der Waals surface area contributed by atoms with E-state index in [4.69, 9.17) is 16.3 Å². The average Bonchev–Trinajstić information content (AvgIpc) is 2.40. The van der Waals surface area contributed by atoms with Crippen LogP contribution < -0.4 is 5.32 Å². The smallest absolute Gasteiger partial charge is 0.145 e. The molecule has 19 heavy (non-hydrogen) atoms. The fraction of sp³-hybridized carbons (Fsp3) is 0.600. The van der Waals surface area contributed by atoms with Crippen molar-refractivity contribution in [3.05, 3.63) is 34.6 Å². The summed E-state index contributed by atoms with van der Waals surface area (Å²) in [6, 6.07) is 5.24. The van der Waals surface area contributed by atoms with E-state index in [0.717, 1.165) is 13.0 Å². The summed E-state index contributed by atoms with van der Waals surface area (Å²) >= 11 is 5.82. The van der Waals surface area contributed by atoms with E-state index in [1.807, 2.05) is 13.8 Å². The molecule has 2 nitrogen and oxygen atoms in total. The van der Waals surface area contributed by atoms with Gasteiger partial charge in [-0.05, 0) is 37.9 Å². The Bertz CT molecular complexity index is 386. The highest BCUT2D eigenvalue weighted by molar-refractivity contribution is 6.30. The van der Waals surface area contributed by atoms with Gasteiger partial charge in [-0.3, -0.25) is 0 Å². The third-order valence-corrected chi connectivity index (χ3v) is 3.46. The summed E-state index contributed by atoms with van der Waals surface area (Å²) in [4.78, 5) is 0. The molecule has 0 saturated carbocycles. The van der Waals surface area contributed by atoms with Crippen molar-refractivity contribution in [2.24, 2.45) is 0 Å². The van der Waals surface area contributed by atoms with Crippen molar-refractivity contribution < 1.29 is 9.13 Å². The number of rotatable bonds is 8. The molecule has 0 heterocycles. The van der Waals surface area contributed by atoms with Crippen molar-refractivity contribution in [2.75, 3.05) is 13.2 Å². The Labute approximate surface area is 120 Å². The van der Waals surface area contributed by atoms with Gasteiger partial charge in [-0.15, -0.1) is 0 Å². The van der Waals surface area contributed by atoms with E-state index in [1.165, 1.54) is 0 Å². The van der Waals surface area contributed by atoms with Gasteiger partial charge < -0.3 is 10.1 Å². The van der Waals surface area contributed by atoms with Gasteiger partial charge in [0.15, 0.2) is 0 Å². The van der Waals surface area contributed by atoms with Crippen LogP contribution in [0.3, 0.4) is 0 Å². The predicted molar refractivity (Wildman–Crippen MR) is 78.3 cm³/mol. The van der Waals surface area contributed by atoms with Gasteiger partial charge in [0.2, 0.25) is 0 Å². The average molecular weight is 288 g/mol. The second-order valence-corrected chi connectivity index (χ2v) is 4.89. The molecule has 0 saturated heterocycles. The highest BCUT2D eigenvalue weighted by Gasteiger charge is 2.21. The van der Waals surface area contributed by atoms with Crippen LogP contribution in [0.4, 0.5) is 4.39 Å². The minimum atomic E-state index is -0.321. The molecule has 1 N–H and O–H groups in total. The van der Waals surface area contributed by atoms with E-state index >= 15 is 0 Å². The fourth-order valence-corrected chi connectivity index (χ4v) is 2.47. The lowest BCUT2D eigenvalue weighted by atomic mass is 9.99. The standard InChI is InChI=1S/C15H23ClFNO/c1-4-14(19-6-3)13(18-5-2)10-11-8-7-9-12(16)15(11)17/h7-9,13-14,18H,4-6,10H2,1-3H3. The van der Waals surface area contributed by atoms with Gasteiger partial charge >= 0.3 is 0 Å². The van der Waals surface area contributed by atoms with Crippen LogP contribution in [-0.2, 0) is 11.2 Å². The Balaban J connectivity index is 2.85. The number of ether oxygens (including phenoxy) is 1. The molecule has 0 spiro atoms. The van der Waals surface area contributed by atoms with E-state index in [2.05, 4.69) is 12.2 Å². The lowest BCUT2D eigenvalue weighted by molar-refractivity contribution is 0.0321. The third kappa shape index (κ3) is 4.75. The Morgan fingerprint density at radius 3 is 2.63 bits per heavy atom. The molecular formula is C15H23ClFNO. The summed E-state index contributed by atoms with van der Waals surface area (Å²) in [6.45, 7) is 7.60. The van der Waals surface area contributed by atoms with Crippen LogP contribution in [0.15, 0.2) is 18.2 Å². The predicted octanol–water partition coefficient (Wildman–Crippen LogP) is 3.81. The third-order valence-electron chi connectivity index (χ3n) is 3.17. The van der Waals surface area contributed by atoms with Crippen molar-refractivity contribution >= 4 is 11.6 Å². The van der Waals surface area contributed by atoms with E-state index in [0.29, 0.717) is 18.6 Å². The van der Waals surface area contributed by atoms with Gasteiger partial charge in [0.05, 0.1) is 11.1 Å². The van der Waals surface area contributed by atoms with E-state index in [9.17, 15) is 4.39 Å². The molecule has 0 bridgehead atoms. The molecule has 2 atom stereocenters. The number of benzene rings is 1.